The van der Waals surface area contributed by atoms with Crippen molar-refractivity contribution in [1.29, 1.82) is 0 Å². The van der Waals surface area contributed by atoms with Gasteiger partial charge in [0, 0.05) is 5.56 Å². The second kappa shape index (κ2) is 6.56. The van der Waals surface area contributed by atoms with E-state index in [1.54, 1.807) is 0 Å². The highest BCUT2D eigenvalue weighted by atomic mass is 32.1. The zero-order chi connectivity index (χ0) is 17.3. The van der Waals surface area contributed by atoms with E-state index in [4.69, 9.17) is 4.74 Å². The molecule has 25 heavy (non-hydrogen) atoms. The molecule has 0 radical (unpaired) electrons. The number of fused-ring (bicyclic) bond motifs is 1. The molecule has 0 amide bonds. The van der Waals surface area contributed by atoms with Gasteiger partial charge in [0.2, 0.25) is 0 Å². The molecule has 0 saturated carbocycles. The number of carbonyl (C=O) groups excluding carboxylic acids is 1. The molecule has 1 unspecified atom stereocenters. The Labute approximate surface area is 149 Å². The van der Waals surface area contributed by atoms with Gasteiger partial charge in [0.15, 0.2) is 6.95 Å². The molecule has 0 fully saturated rings. The smallest absolute Gasteiger partial charge is 0.342 e. The Morgan fingerprint density at radius 2 is 1.32 bits per heavy atom. The van der Waals surface area contributed by atoms with E-state index in [0.29, 0.717) is 5.56 Å². The summed E-state index contributed by atoms with van der Waals surface area (Å²) >= 11 is 0. The van der Waals surface area contributed by atoms with Crippen molar-refractivity contribution in [3.63, 3.8) is 0 Å². The predicted octanol–water partition coefficient (Wildman–Crippen LogP) is 4.82. The van der Waals surface area contributed by atoms with Gasteiger partial charge in [-0.2, -0.15) is 0 Å². The fraction of sp³-hybridized carbons (Fsp3) is 0.0476. The largest absolute Gasteiger partial charge is 0.418 e. The molecule has 3 aromatic carbocycles. The van der Waals surface area contributed by atoms with Crippen molar-refractivity contribution >= 4 is 37.7 Å². The van der Waals surface area contributed by atoms with E-state index in [1.165, 1.54) is 10.6 Å². The highest BCUT2D eigenvalue weighted by molar-refractivity contribution is 8.37. The Morgan fingerprint density at radius 3 is 1.88 bits per heavy atom. The minimum atomic E-state index is -2.08. The Bertz CT molecular complexity index is 883. The van der Waals surface area contributed by atoms with Gasteiger partial charge in [-0.15, -0.1) is 0 Å². The zero-order valence-corrected chi connectivity index (χ0v) is 15.4. The van der Waals surface area contributed by atoms with E-state index in [9.17, 15) is 4.79 Å². The lowest BCUT2D eigenvalue weighted by Gasteiger charge is -2.27. The summed E-state index contributed by atoms with van der Waals surface area (Å²) < 4.78 is 5.96. The van der Waals surface area contributed by atoms with Crippen LogP contribution in [0, 0.1) is 0 Å². The fourth-order valence-corrected chi connectivity index (χ4v) is 9.56. The molecule has 2 nitrogen and oxygen atoms in total. The summed E-state index contributed by atoms with van der Waals surface area (Å²) in [7, 11) is 0.982. The second-order valence-electron chi connectivity index (χ2n) is 5.84. The topological polar surface area (TPSA) is 26.3 Å². The van der Waals surface area contributed by atoms with Crippen LogP contribution in [0.5, 0.6) is 0 Å². The van der Waals surface area contributed by atoms with Crippen molar-refractivity contribution in [2.24, 2.45) is 0 Å². The molecule has 0 aliphatic carbocycles. The summed E-state index contributed by atoms with van der Waals surface area (Å²) in [5, 5.41) is 2.40. The van der Waals surface area contributed by atoms with E-state index in [1.807, 2.05) is 60.7 Å². The van der Waals surface area contributed by atoms with Gasteiger partial charge in [-0.3, -0.25) is 0 Å². The molecule has 122 valence electrons. The quantitative estimate of drug-likeness (QED) is 0.491. The molecule has 0 N–H and O–H groups in total. The molecule has 0 saturated heterocycles. The van der Waals surface area contributed by atoms with Gasteiger partial charge < -0.3 is 4.74 Å². The Hall–Kier alpha value is -2.27. The average molecular weight is 363 g/mol. The molecule has 0 aromatic heterocycles. The van der Waals surface area contributed by atoms with Crippen LogP contribution < -0.4 is 10.6 Å². The van der Waals surface area contributed by atoms with Crippen molar-refractivity contribution in [1.82, 2.24) is 0 Å². The van der Waals surface area contributed by atoms with Crippen molar-refractivity contribution in [2.75, 3.05) is 0 Å². The molecule has 0 bridgehead atoms. The van der Waals surface area contributed by atoms with Crippen molar-refractivity contribution < 1.29 is 9.53 Å². The van der Waals surface area contributed by atoms with Gasteiger partial charge in [0.1, 0.15) is 10.6 Å². The molecule has 1 aliphatic heterocycles. The monoisotopic (exact) mass is 363 g/mol. The number of rotatable bonds is 4. The van der Waals surface area contributed by atoms with Crippen LogP contribution in [0.4, 0.5) is 0 Å². The summed E-state index contributed by atoms with van der Waals surface area (Å²) in [4.78, 5) is 12.5. The Balaban J connectivity index is 2.00. The Kier molecular flexibility index (Phi) is 4.25. The van der Waals surface area contributed by atoms with Crippen molar-refractivity contribution in [3.8, 4) is 0 Å². The van der Waals surface area contributed by atoms with Gasteiger partial charge in [-0.05, 0) is 36.6 Å². The normalized spacial score (nSPS) is 16.5. The van der Waals surface area contributed by atoms with Crippen LogP contribution in [0.2, 0.25) is 0 Å². The molecule has 1 heterocycles. The highest BCUT2D eigenvalue weighted by Crippen LogP contribution is 2.77. The van der Waals surface area contributed by atoms with Crippen molar-refractivity contribution in [2.45, 2.75) is 5.85 Å². The van der Waals surface area contributed by atoms with E-state index in [-0.39, 0.29) is 11.8 Å². The predicted molar refractivity (Wildman–Crippen MR) is 108 cm³/mol. The lowest BCUT2D eigenvalue weighted by molar-refractivity contribution is 0.0515. The summed E-state index contributed by atoms with van der Waals surface area (Å²) in [5.74, 6) is -0.527. The third kappa shape index (κ3) is 2.54. The number of benzene rings is 3. The van der Waals surface area contributed by atoms with Gasteiger partial charge in [-0.25, -0.2) is 4.79 Å². The number of ether oxygens (including phenoxy) is 1. The van der Waals surface area contributed by atoms with Crippen LogP contribution in [0.1, 0.15) is 21.8 Å². The second-order valence-corrected chi connectivity index (χ2v) is 11.7. The zero-order valence-electron chi connectivity index (χ0n) is 13.6. The Morgan fingerprint density at radius 1 is 0.800 bits per heavy atom. The first-order valence-corrected chi connectivity index (χ1v) is 11.7. The van der Waals surface area contributed by atoms with Crippen LogP contribution in [-0.2, 0) is 4.74 Å². The molecule has 1 aliphatic rings. The molecule has 3 aromatic rings. The first kappa shape index (κ1) is 16.2. The lowest BCUT2D eigenvalue weighted by atomic mass is 10.1. The lowest BCUT2D eigenvalue weighted by Crippen LogP contribution is -2.23. The standard InChI is InChI=1S/C21H17O2P2/c1-24-25(16-10-4-2-5-11-16,17-12-6-3-7-13-17)21-19-15-9-8-14-18(19)20(22)23-21/h2-15,21H,1H2/q+1. The van der Waals surface area contributed by atoms with Gasteiger partial charge in [-0.1, -0.05) is 54.6 Å². The van der Waals surface area contributed by atoms with Crippen LogP contribution in [0.3, 0.4) is 0 Å². The molecule has 4 heteroatoms. The minimum Gasteiger partial charge on any atom is -0.418 e. The summed E-state index contributed by atoms with van der Waals surface area (Å²) in [6.07, 6.45) is 4.28. The van der Waals surface area contributed by atoms with Crippen LogP contribution in [0.15, 0.2) is 84.9 Å². The number of esters is 1. The summed E-state index contributed by atoms with van der Waals surface area (Å²) in [6.45, 7) is -2.08. The summed E-state index contributed by atoms with van der Waals surface area (Å²) in [5.41, 5.74) is 1.65. The maximum absolute atomic E-state index is 12.5. The van der Waals surface area contributed by atoms with Crippen molar-refractivity contribution in [3.05, 3.63) is 96.1 Å². The minimum absolute atomic E-state index is 0.236. The maximum atomic E-state index is 12.5. The van der Waals surface area contributed by atoms with E-state index in [2.05, 4.69) is 30.6 Å². The van der Waals surface area contributed by atoms with Gasteiger partial charge in [0.05, 0.1) is 13.5 Å². The number of hydrogen-bond acceptors (Lipinski definition) is 2. The highest BCUT2D eigenvalue weighted by Gasteiger charge is 2.56. The van der Waals surface area contributed by atoms with Crippen LogP contribution >= 0.6 is 14.8 Å². The number of carbonyl (C=O) groups is 1. The summed E-state index contributed by atoms with van der Waals surface area (Å²) in [6, 6.07) is 28.4. The van der Waals surface area contributed by atoms with Crippen LogP contribution in [-0.4, -0.2) is 12.3 Å². The average Bonchev–Trinajstić information content (AvgIpc) is 3.02. The van der Waals surface area contributed by atoms with E-state index < -0.39 is 6.95 Å². The number of hydrogen-bond donors (Lipinski definition) is 0. The third-order valence-electron chi connectivity index (χ3n) is 4.53. The molecule has 1 atom stereocenters. The van der Waals surface area contributed by atoms with E-state index >= 15 is 0 Å². The van der Waals surface area contributed by atoms with Crippen LogP contribution in [0.25, 0.3) is 0 Å². The first-order chi connectivity index (χ1) is 12.3. The van der Waals surface area contributed by atoms with E-state index in [0.717, 1.165) is 13.5 Å². The maximum Gasteiger partial charge on any atom is 0.342 e. The number of cyclic esters (lactones) is 1. The molecular formula is C21H17O2P2+. The third-order valence-corrected chi connectivity index (χ3v) is 11.6. The first-order valence-electron chi connectivity index (χ1n) is 8.05. The van der Waals surface area contributed by atoms with Gasteiger partial charge in [0.25, 0.3) is 5.85 Å². The molecular weight excluding hydrogens is 346 g/mol. The molecule has 0 spiro atoms. The fourth-order valence-electron chi connectivity index (χ4n) is 3.37. The SMILES string of the molecule is C=P[P+](c1ccccc1)(c1ccccc1)C1OC(=O)c2ccccc21. The van der Waals surface area contributed by atoms with Gasteiger partial charge >= 0.3 is 5.97 Å². The molecule has 4 rings (SSSR count).